The summed E-state index contributed by atoms with van der Waals surface area (Å²) in [4.78, 5) is 17.8. The van der Waals surface area contributed by atoms with Crippen LogP contribution < -0.4 is 15.4 Å². The number of halogens is 1. The lowest BCUT2D eigenvalue weighted by Crippen LogP contribution is -2.31. The van der Waals surface area contributed by atoms with Crippen molar-refractivity contribution < 1.29 is 9.53 Å². The molecule has 2 heterocycles. The fourth-order valence-corrected chi connectivity index (χ4v) is 4.05. The van der Waals surface area contributed by atoms with Crippen molar-refractivity contribution in [1.82, 2.24) is 14.8 Å². The van der Waals surface area contributed by atoms with E-state index in [9.17, 15) is 4.79 Å². The Morgan fingerprint density at radius 2 is 2.10 bits per heavy atom. The number of carbonyl (C=O) groups excluding carboxylic acids is 1. The highest BCUT2D eigenvalue weighted by atomic mass is 79.9. The molecule has 2 aromatic carbocycles. The molecule has 1 aliphatic rings. The summed E-state index contributed by atoms with van der Waals surface area (Å²) in [6.07, 6.45) is 2.36. The van der Waals surface area contributed by atoms with Crippen molar-refractivity contribution in [3.05, 3.63) is 75.7 Å². The van der Waals surface area contributed by atoms with E-state index in [1.165, 1.54) is 6.33 Å². The molecule has 0 fully saturated rings. The van der Waals surface area contributed by atoms with Crippen LogP contribution >= 0.6 is 15.9 Å². The Labute approximate surface area is 189 Å². The fourth-order valence-electron chi connectivity index (χ4n) is 3.67. The third-order valence-corrected chi connectivity index (χ3v) is 5.54. The molecule has 1 aliphatic heterocycles. The van der Waals surface area contributed by atoms with Gasteiger partial charge in [-0.15, -0.1) is 0 Å². The summed E-state index contributed by atoms with van der Waals surface area (Å²) >= 11 is 3.56. The lowest BCUT2D eigenvalue weighted by molar-refractivity contribution is -0.113. The largest absolute Gasteiger partial charge is 0.493 e. The molecule has 3 aromatic rings. The number of allylic oxidation sites excluding steroid dienone is 1. The van der Waals surface area contributed by atoms with Crippen molar-refractivity contribution in [2.45, 2.75) is 33.2 Å². The number of fused-ring (bicyclic) bond motifs is 1. The van der Waals surface area contributed by atoms with Crippen molar-refractivity contribution in [2.75, 3.05) is 17.2 Å². The van der Waals surface area contributed by atoms with Gasteiger partial charge in [0.15, 0.2) is 0 Å². The van der Waals surface area contributed by atoms with E-state index in [4.69, 9.17) is 4.74 Å². The van der Waals surface area contributed by atoms with Gasteiger partial charge >= 0.3 is 0 Å². The second-order valence-electron chi connectivity index (χ2n) is 7.45. The Balaban J connectivity index is 1.80. The normalized spacial score (nSPS) is 15.3. The fraction of sp³-hybridized carbons (Fsp3) is 0.261. The number of carbonyl (C=O) groups is 1. The number of nitrogens with zero attached hydrogens (tertiary/aromatic N) is 3. The molecule has 0 spiro atoms. The number of aromatic nitrogens is 3. The van der Waals surface area contributed by atoms with Crippen molar-refractivity contribution in [2.24, 2.45) is 0 Å². The molecule has 7 nitrogen and oxygen atoms in total. The summed E-state index contributed by atoms with van der Waals surface area (Å²) < 4.78 is 8.64. The number of hydrogen-bond acceptors (Lipinski definition) is 5. The second-order valence-corrected chi connectivity index (χ2v) is 8.36. The minimum Gasteiger partial charge on any atom is -0.493 e. The van der Waals surface area contributed by atoms with E-state index in [0.29, 0.717) is 23.9 Å². The molecular formula is C23H24BrN5O2. The molecule has 2 N–H and O–H groups in total. The van der Waals surface area contributed by atoms with Crippen LogP contribution in [0, 0.1) is 6.92 Å². The number of aryl methyl sites for hydroxylation is 1. The van der Waals surface area contributed by atoms with Crippen LogP contribution in [-0.4, -0.2) is 27.3 Å². The van der Waals surface area contributed by atoms with Gasteiger partial charge < -0.3 is 15.4 Å². The topological polar surface area (TPSA) is 81.1 Å². The molecule has 0 saturated heterocycles. The highest BCUT2D eigenvalue weighted by Gasteiger charge is 2.35. The summed E-state index contributed by atoms with van der Waals surface area (Å²) in [5.74, 6) is 1.09. The van der Waals surface area contributed by atoms with Crippen molar-refractivity contribution in [1.29, 1.82) is 0 Å². The third kappa shape index (κ3) is 4.34. The van der Waals surface area contributed by atoms with Gasteiger partial charge in [0.1, 0.15) is 18.1 Å². The first-order valence-corrected chi connectivity index (χ1v) is 10.9. The predicted molar refractivity (Wildman–Crippen MR) is 124 cm³/mol. The molecule has 4 rings (SSSR count). The summed E-state index contributed by atoms with van der Waals surface area (Å²) in [5, 5.41) is 10.6. The Morgan fingerprint density at radius 1 is 1.26 bits per heavy atom. The minimum atomic E-state index is -0.493. The van der Waals surface area contributed by atoms with Crippen LogP contribution in [0.5, 0.6) is 5.75 Å². The first kappa shape index (κ1) is 21.1. The van der Waals surface area contributed by atoms with Gasteiger partial charge in [0.25, 0.3) is 5.91 Å². The second kappa shape index (κ2) is 8.93. The highest BCUT2D eigenvalue weighted by Crippen LogP contribution is 2.40. The molecule has 1 amide bonds. The number of benzene rings is 2. The summed E-state index contributed by atoms with van der Waals surface area (Å²) in [6.45, 7) is 6.51. The molecule has 0 radical (unpaired) electrons. The zero-order chi connectivity index (χ0) is 22.0. The monoisotopic (exact) mass is 481 g/mol. The molecule has 1 unspecified atom stereocenters. The summed E-state index contributed by atoms with van der Waals surface area (Å²) in [5.41, 5.74) is 3.92. The van der Waals surface area contributed by atoms with Crippen molar-refractivity contribution in [3.8, 4) is 5.75 Å². The smallest absolute Gasteiger partial charge is 0.255 e. The third-order valence-electron chi connectivity index (χ3n) is 5.04. The maximum atomic E-state index is 13.5. The van der Waals surface area contributed by atoms with Gasteiger partial charge in [0, 0.05) is 21.4 Å². The Bertz CT molecular complexity index is 1150. The first-order chi connectivity index (χ1) is 15.0. The first-order valence-electron chi connectivity index (χ1n) is 10.2. The lowest BCUT2D eigenvalue weighted by atomic mass is 9.94. The lowest BCUT2D eigenvalue weighted by Gasteiger charge is -2.30. The van der Waals surface area contributed by atoms with Crippen LogP contribution in [0.3, 0.4) is 0 Å². The minimum absolute atomic E-state index is 0.205. The van der Waals surface area contributed by atoms with E-state index in [1.807, 2.05) is 56.3 Å². The van der Waals surface area contributed by atoms with Crippen LogP contribution in [-0.2, 0) is 4.79 Å². The van der Waals surface area contributed by atoms with E-state index < -0.39 is 6.04 Å². The zero-order valence-corrected chi connectivity index (χ0v) is 19.2. The van der Waals surface area contributed by atoms with Crippen LogP contribution in [0.2, 0.25) is 0 Å². The maximum absolute atomic E-state index is 13.5. The molecule has 31 heavy (non-hydrogen) atoms. The van der Waals surface area contributed by atoms with E-state index in [0.717, 1.165) is 33.4 Å². The number of anilines is 2. The maximum Gasteiger partial charge on any atom is 0.255 e. The quantitative estimate of drug-likeness (QED) is 0.513. The van der Waals surface area contributed by atoms with Gasteiger partial charge in [-0.25, -0.2) is 4.68 Å². The Kier molecular flexibility index (Phi) is 6.08. The van der Waals surface area contributed by atoms with Crippen LogP contribution in [0.4, 0.5) is 11.6 Å². The molecule has 1 atom stereocenters. The molecule has 1 aromatic heterocycles. The predicted octanol–water partition coefficient (Wildman–Crippen LogP) is 5.07. The molecule has 0 saturated carbocycles. The molecule has 8 heteroatoms. The molecular weight excluding hydrogens is 458 g/mol. The van der Waals surface area contributed by atoms with Gasteiger partial charge in [0.2, 0.25) is 5.95 Å². The van der Waals surface area contributed by atoms with E-state index >= 15 is 0 Å². The number of nitrogens with one attached hydrogen (secondary N) is 2. The van der Waals surface area contributed by atoms with E-state index in [-0.39, 0.29) is 5.91 Å². The van der Waals surface area contributed by atoms with E-state index in [1.54, 1.807) is 4.68 Å². The van der Waals surface area contributed by atoms with E-state index in [2.05, 4.69) is 43.6 Å². The van der Waals surface area contributed by atoms with Gasteiger partial charge in [-0.2, -0.15) is 10.1 Å². The van der Waals surface area contributed by atoms with Gasteiger partial charge in [-0.05, 0) is 56.2 Å². The molecule has 0 aliphatic carbocycles. The number of hydrogen-bond donors (Lipinski definition) is 2. The average molecular weight is 482 g/mol. The number of ether oxygens (including phenoxy) is 1. The van der Waals surface area contributed by atoms with Crippen LogP contribution in [0.15, 0.2) is 64.5 Å². The van der Waals surface area contributed by atoms with Gasteiger partial charge in [0.05, 0.1) is 12.2 Å². The number of amides is 1. The standard InChI is InChI=1S/C23H24BrN5O2/c1-4-10-31-19-9-8-16(24)12-18(19)21-20(15(3)27-23-25-13-26-29(21)23)22(30)28-17-7-5-6-14(2)11-17/h5-9,11-13,21H,4,10H2,1-3H3,(H,28,30)(H,25,26,27). The number of rotatable bonds is 6. The van der Waals surface area contributed by atoms with Gasteiger partial charge in [-0.3, -0.25) is 4.79 Å². The zero-order valence-electron chi connectivity index (χ0n) is 17.6. The average Bonchev–Trinajstić information content (AvgIpc) is 3.19. The molecule has 0 bridgehead atoms. The van der Waals surface area contributed by atoms with Crippen molar-refractivity contribution >= 4 is 33.5 Å². The SMILES string of the molecule is CCCOc1ccc(Br)cc1C1C(C(=O)Nc2cccc(C)c2)=C(C)Nc2ncnn21. The van der Waals surface area contributed by atoms with Crippen LogP contribution in [0.25, 0.3) is 0 Å². The Hall–Kier alpha value is -3.13. The Morgan fingerprint density at radius 3 is 2.87 bits per heavy atom. The summed E-state index contributed by atoms with van der Waals surface area (Å²) in [7, 11) is 0. The van der Waals surface area contributed by atoms with Gasteiger partial charge in [-0.1, -0.05) is 35.0 Å². The molecule has 160 valence electrons. The van der Waals surface area contributed by atoms with Crippen molar-refractivity contribution in [3.63, 3.8) is 0 Å². The van der Waals surface area contributed by atoms with Crippen LogP contribution in [0.1, 0.15) is 37.4 Å². The highest BCUT2D eigenvalue weighted by molar-refractivity contribution is 9.10. The summed E-state index contributed by atoms with van der Waals surface area (Å²) in [6, 6.07) is 13.1.